The van der Waals surface area contributed by atoms with Crippen LogP contribution in [0.5, 0.6) is 11.5 Å². The maximum atomic E-state index is 12.4. The Labute approximate surface area is 135 Å². The molecule has 0 aliphatic carbocycles. The predicted molar refractivity (Wildman–Crippen MR) is 85.9 cm³/mol. The molecule has 0 amide bonds. The Morgan fingerprint density at radius 2 is 2.00 bits per heavy atom. The normalized spacial score (nSPS) is 14.8. The molecule has 0 radical (unpaired) electrons. The summed E-state index contributed by atoms with van der Waals surface area (Å²) in [6, 6.07) is 9.83. The van der Waals surface area contributed by atoms with Gasteiger partial charge in [-0.3, -0.25) is 14.9 Å². The smallest absolute Gasteiger partial charge is 0.322 e. The number of ketones is 1. The van der Waals surface area contributed by atoms with Gasteiger partial charge in [-0.25, -0.2) is 0 Å². The summed E-state index contributed by atoms with van der Waals surface area (Å²) in [6.45, 7) is 0. The summed E-state index contributed by atoms with van der Waals surface area (Å²) >= 11 is 1.26. The molecule has 6 nitrogen and oxygen atoms in total. The van der Waals surface area contributed by atoms with E-state index in [4.69, 9.17) is 4.74 Å². The average Bonchev–Trinajstić information content (AvgIpc) is 2.85. The van der Waals surface area contributed by atoms with Gasteiger partial charge in [0.2, 0.25) is 11.5 Å². The number of nitrogens with zero attached hydrogens (tertiary/aromatic N) is 1. The van der Waals surface area contributed by atoms with Gasteiger partial charge >= 0.3 is 5.69 Å². The highest BCUT2D eigenvalue weighted by Crippen LogP contribution is 2.44. The first-order valence-electron chi connectivity index (χ1n) is 6.60. The second-order valence-corrected chi connectivity index (χ2v) is 5.83. The number of benzene rings is 2. The molecule has 116 valence electrons. The maximum absolute atomic E-state index is 12.4. The van der Waals surface area contributed by atoms with Crippen molar-refractivity contribution in [2.45, 2.75) is 4.90 Å². The number of allylic oxidation sites excluding steroid dienone is 1. The summed E-state index contributed by atoms with van der Waals surface area (Å²) in [4.78, 5) is 24.3. The largest absolute Gasteiger partial charge is 0.504 e. The molecule has 0 bridgehead atoms. The highest BCUT2D eigenvalue weighted by Gasteiger charge is 2.28. The Kier molecular flexibility index (Phi) is 3.79. The summed E-state index contributed by atoms with van der Waals surface area (Å²) in [5.74, 6) is -0.723. The molecule has 0 unspecified atom stereocenters. The number of fused-ring (bicyclic) bond motifs is 1. The molecule has 2 aromatic carbocycles. The highest BCUT2D eigenvalue weighted by atomic mass is 32.2. The first kappa shape index (κ1) is 15.1. The van der Waals surface area contributed by atoms with Gasteiger partial charge in [-0.15, -0.1) is 0 Å². The van der Waals surface area contributed by atoms with Gasteiger partial charge in [0.1, 0.15) is 0 Å². The van der Waals surface area contributed by atoms with Crippen LogP contribution in [0.1, 0.15) is 15.9 Å². The van der Waals surface area contributed by atoms with Gasteiger partial charge < -0.3 is 9.84 Å². The van der Waals surface area contributed by atoms with Crippen LogP contribution in [-0.4, -0.2) is 22.9 Å². The minimum absolute atomic E-state index is 0.174. The fraction of sp³-hybridized carbons (Fsp3) is 0.0625. The van der Waals surface area contributed by atoms with Gasteiger partial charge in [0.15, 0.2) is 5.75 Å². The Morgan fingerprint density at radius 1 is 1.26 bits per heavy atom. The molecule has 0 saturated carbocycles. The number of thioether (sulfide) groups is 1. The summed E-state index contributed by atoms with van der Waals surface area (Å²) in [7, 11) is 1.24. The minimum atomic E-state index is -0.637. The van der Waals surface area contributed by atoms with Crippen molar-refractivity contribution in [1.82, 2.24) is 0 Å². The molecule has 1 heterocycles. The zero-order valence-electron chi connectivity index (χ0n) is 12.0. The van der Waals surface area contributed by atoms with Crippen LogP contribution in [0, 0.1) is 10.1 Å². The molecule has 3 rings (SSSR count). The molecule has 1 N–H and O–H groups in total. The molecule has 0 spiro atoms. The maximum Gasteiger partial charge on any atom is 0.322 e. The first-order valence-corrected chi connectivity index (χ1v) is 7.42. The van der Waals surface area contributed by atoms with E-state index in [0.717, 1.165) is 4.90 Å². The third-order valence-corrected chi connectivity index (χ3v) is 4.49. The number of nitro groups is 1. The van der Waals surface area contributed by atoms with Gasteiger partial charge in [-0.2, -0.15) is 0 Å². The monoisotopic (exact) mass is 329 g/mol. The van der Waals surface area contributed by atoms with E-state index < -0.39 is 4.92 Å². The Morgan fingerprint density at radius 3 is 2.65 bits per heavy atom. The van der Waals surface area contributed by atoms with Gasteiger partial charge in [-0.05, 0) is 30.3 Å². The van der Waals surface area contributed by atoms with E-state index >= 15 is 0 Å². The molecule has 23 heavy (non-hydrogen) atoms. The summed E-state index contributed by atoms with van der Waals surface area (Å²) in [5, 5.41) is 21.0. The quantitative estimate of drug-likeness (QED) is 0.525. The van der Waals surface area contributed by atoms with Crippen LogP contribution in [-0.2, 0) is 0 Å². The Bertz CT molecular complexity index is 860. The molecule has 2 aromatic rings. The Balaban J connectivity index is 2.11. The van der Waals surface area contributed by atoms with Crippen LogP contribution in [0.4, 0.5) is 5.69 Å². The molecule has 0 aromatic heterocycles. The minimum Gasteiger partial charge on any atom is -0.504 e. The number of phenols is 1. The van der Waals surface area contributed by atoms with Crippen molar-refractivity contribution in [3.8, 4) is 11.5 Å². The Hall–Kier alpha value is -2.80. The number of ether oxygens (including phenoxy) is 1. The van der Waals surface area contributed by atoms with Gasteiger partial charge in [0.05, 0.1) is 22.5 Å². The molecule has 7 heteroatoms. The first-order chi connectivity index (χ1) is 11.0. The number of rotatable bonds is 3. The summed E-state index contributed by atoms with van der Waals surface area (Å²) in [6.07, 6.45) is 1.45. The van der Waals surface area contributed by atoms with Crippen LogP contribution in [0.15, 0.2) is 46.2 Å². The van der Waals surface area contributed by atoms with Crippen molar-refractivity contribution < 1.29 is 19.6 Å². The van der Waals surface area contributed by atoms with Crippen LogP contribution < -0.4 is 4.74 Å². The topological polar surface area (TPSA) is 89.7 Å². The number of phenolic OH excluding ortho intramolecular Hbond substituents is 1. The molecular formula is C16H11NO5S. The summed E-state index contributed by atoms with van der Waals surface area (Å²) in [5.41, 5.74) is 0.412. The average molecular weight is 329 g/mol. The number of Topliss-reactive ketones (excluding diaryl/α,β-unsaturated/α-hetero) is 1. The second-order valence-electron chi connectivity index (χ2n) is 4.75. The van der Waals surface area contributed by atoms with Crippen LogP contribution >= 0.6 is 11.8 Å². The number of nitro benzene ring substituents is 1. The fourth-order valence-electron chi connectivity index (χ4n) is 2.36. The highest BCUT2D eigenvalue weighted by molar-refractivity contribution is 8.04. The van der Waals surface area contributed by atoms with Gasteiger partial charge in [0.25, 0.3) is 0 Å². The van der Waals surface area contributed by atoms with Crippen molar-refractivity contribution >= 4 is 29.3 Å². The summed E-state index contributed by atoms with van der Waals surface area (Å²) < 4.78 is 4.92. The third-order valence-electron chi connectivity index (χ3n) is 3.39. The molecule has 0 atom stereocenters. The number of aromatic hydroxyl groups is 1. The lowest BCUT2D eigenvalue weighted by Gasteiger charge is -2.06. The lowest BCUT2D eigenvalue weighted by molar-refractivity contribution is -0.386. The van der Waals surface area contributed by atoms with E-state index in [2.05, 4.69) is 0 Å². The van der Waals surface area contributed by atoms with E-state index in [-0.39, 0.29) is 28.5 Å². The van der Waals surface area contributed by atoms with E-state index in [9.17, 15) is 20.0 Å². The molecule has 1 aliphatic heterocycles. The number of methoxy groups -OCH3 is 1. The zero-order valence-corrected chi connectivity index (χ0v) is 12.8. The van der Waals surface area contributed by atoms with Gasteiger partial charge in [-0.1, -0.05) is 23.9 Å². The van der Waals surface area contributed by atoms with Crippen LogP contribution in [0.25, 0.3) is 6.08 Å². The number of hydrogen-bond acceptors (Lipinski definition) is 6. The molecule has 0 saturated heterocycles. The van der Waals surface area contributed by atoms with Crippen molar-refractivity contribution in [3.05, 3.63) is 62.5 Å². The van der Waals surface area contributed by atoms with Crippen LogP contribution in [0.3, 0.4) is 0 Å². The molecule has 0 fully saturated rings. The van der Waals surface area contributed by atoms with Gasteiger partial charge in [0, 0.05) is 10.5 Å². The predicted octanol–water partition coefficient (Wildman–Crippen LogP) is 3.64. The lowest BCUT2D eigenvalue weighted by atomic mass is 10.1. The lowest BCUT2D eigenvalue weighted by Crippen LogP contribution is -1.98. The third kappa shape index (κ3) is 2.55. The number of carbonyl (C=O) groups is 1. The van der Waals surface area contributed by atoms with E-state index in [1.807, 2.05) is 12.1 Å². The van der Waals surface area contributed by atoms with Crippen molar-refractivity contribution in [3.63, 3.8) is 0 Å². The number of carbonyl (C=O) groups excluding carboxylic acids is 1. The van der Waals surface area contributed by atoms with Crippen molar-refractivity contribution in [2.75, 3.05) is 7.11 Å². The SMILES string of the molecule is COc1c(O)ccc(C=C2Sc3ccccc3C2=O)c1[N+](=O)[O-]. The van der Waals surface area contributed by atoms with E-state index in [0.29, 0.717) is 10.5 Å². The van der Waals surface area contributed by atoms with Crippen LogP contribution in [0.2, 0.25) is 0 Å². The van der Waals surface area contributed by atoms with Crippen molar-refractivity contribution in [1.29, 1.82) is 0 Å². The van der Waals surface area contributed by atoms with E-state index in [1.165, 1.54) is 37.1 Å². The zero-order chi connectivity index (χ0) is 16.6. The second kappa shape index (κ2) is 5.77. The molecular weight excluding hydrogens is 318 g/mol. The standard InChI is InChI=1S/C16H11NO5S/c1-22-16-11(18)7-6-9(14(16)17(20)21)8-13-15(19)10-4-2-3-5-12(10)23-13/h2-8,18H,1H3. The number of hydrogen-bond donors (Lipinski definition) is 1. The molecule has 1 aliphatic rings. The van der Waals surface area contributed by atoms with E-state index in [1.54, 1.807) is 12.1 Å². The van der Waals surface area contributed by atoms with Crippen molar-refractivity contribution in [2.24, 2.45) is 0 Å². The fourth-order valence-corrected chi connectivity index (χ4v) is 3.40.